The maximum Gasteiger partial charge on any atom is 0.222 e. The van der Waals surface area contributed by atoms with Gasteiger partial charge in [-0.3, -0.25) is 4.79 Å². The van der Waals surface area contributed by atoms with Gasteiger partial charge in [-0.25, -0.2) is 0 Å². The van der Waals surface area contributed by atoms with Crippen LogP contribution in [-0.2, 0) is 17.8 Å². The van der Waals surface area contributed by atoms with Crippen LogP contribution in [0.15, 0.2) is 42.5 Å². The lowest BCUT2D eigenvalue weighted by Gasteiger charge is -2.18. The molecule has 2 aromatic carbocycles. The summed E-state index contributed by atoms with van der Waals surface area (Å²) in [6.45, 7) is 0.530. The molecule has 0 bridgehead atoms. The average Bonchev–Trinajstić information content (AvgIpc) is 2.66. The van der Waals surface area contributed by atoms with Crippen molar-refractivity contribution in [3.05, 3.63) is 53.6 Å². The first kappa shape index (κ1) is 18.6. The van der Waals surface area contributed by atoms with Gasteiger partial charge in [0.2, 0.25) is 5.91 Å². The number of ether oxygens (including phenoxy) is 3. The van der Waals surface area contributed by atoms with Gasteiger partial charge in [0.1, 0.15) is 5.75 Å². The van der Waals surface area contributed by atoms with E-state index in [-0.39, 0.29) is 5.91 Å². The number of hydrogen-bond acceptors (Lipinski definition) is 4. The van der Waals surface area contributed by atoms with E-state index in [1.54, 1.807) is 26.2 Å². The van der Waals surface area contributed by atoms with Crippen molar-refractivity contribution in [1.82, 2.24) is 4.90 Å². The fourth-order valence-corrected chi connectivity index (χ4v) is 2.58. The normalized spacial score (nSPS) is 10.2. The predicted molar refractivity (Wildman–Crippen MR) is 97.3 cm³/mol. The van der Waals surface area contributed by atoms with E-state index in [0.717, 1.165) is 16.9 Å². The van der Waals surface area contributed by atoms with Crippen molar-refractivity contribution in [2.75, 3.05) is 28.4 Å². The van der Waals surface area contributed by atoms with Crippen LogP contribution in [0.1, 0.15) is 17.5 Å². The second-order valence-corrected chi connectivity index (χ2v) is 5.79. The molecule has 5 nitrogen and oxygen atoms in total. The highest BCUT2D eigenvalue weighted by Crippen LogP contribution is 2.28. The zero-order valence-electron chi connectivity index (χ0n) is 15.2. The molecule has 0 aliphatic heterocycles. The number of hydrogen-bond donors (Lipinski definition) is 0. The molecular formula is C20H25NO4. The van der Waals surface area contributed by atoms with Crippen molar-refractivity contribution in [3.63, 3.8) is 0 Å². The minimum atomic E-state index is 0.102. The Kier molecular flexibility index (Phi) is 6.69. The molecule has 0 saturated carbocycles. The van der Waals surface area contributed by atoms with Gasteiger partial charge < -0.3 is 19.1 Å². The lowest BCUT2D eigenvalue weighted by molar-refractivity contribution is -0.130. The number of rotatable bonds is 8. The lowest BCUT2D eigenvalue weighted by Crippen LogP contribution is -2.26. The molecule has 134 valence electrons. The van der Waals surface area contributed by atoms with Crippen LogP contribution in [0.4, 0.5) is 0 Å². The van der Waals surface area contributed by atoms with Gasteiger partial charge in [0.25, 0.3) is 0 Å². The molecule has 25 heavy (non-hydrogen) atoms. The molecule has 0 aromatic heterocycles. The van der Waals surface area contributed by atoms with E-state index >= 15 is 0 Å². The summed E-state index contributed by atoms with van der Waals surface area (Å²) in [7, 11) is 6.66. The number of benzene rings is 2. The standard InChI is InChI=1S/C20H25NO4/c1-21(14-16-7-11-18(24-3)19(13-16)25-4)20(22)12-8-15-5-9-17(23-2)10-6-15/h5-7,9-11,13H,8,12,14H2,1-4H3. The Morgan fingerprint density at radius 1 is 0.880 bits per heavy atom. The van der Waals surface area contributed by atoms with Crippen LogP contribution in [0.3, 0.4) is 0 Å². The third-order valence-electron chi connectivity index (χ3n) is 4.08. The molecule has 0 spiro atoms. The Morgan fingerprint density at radius 3 is 2.12 bits per heavy atom. The second kappa shape index (κ2) is 8.97. The SMILES string of the molecule is COc1ccc(CCC(=O)N(C)Cc2ccc(OC)c(OC)c2)cc1. The largest absolute Gasteiger partial charge is 0.497 e. The smallest absolute Gasteiger partial charge is 0.222 e. The second-order valence-electron chi connectivity index (χ2n) is 5.79. The van der Waals surface area contributed by atoms with Crippen molar-refractivity contribution in [2.45, 2.75) is 19.4 Å². The van der Waals surface area contributed by atoms with Crippen LogP contribution >= 0.6 is 0 Å². The van der Waals surface area contributed by atoms with Crippen LogP contribution in [0.5, 0.6) is 17.2 Å². The Hall–Kier alpha value is -2.69. The van der Waals surface area contributed by atoms with E-state index in [1.165, 1.54) is 0 Å². The summed E-state index contributed by atoms with van der Waals surface area (Å²) in [5.41, 5.74) is 2.12. The topological polar surface area (TPSA) is 48.0 Å². The highest BCUT2D eigenvalue weighted by molar-refractivity contribution is 5.76. The van der Waals surface area contributed by atoms with Gasteiger partial charge in [-0.2, -0.15) is 0 Å². The van der Waals surface area contributed by atoms with Gasteiger partial charge in [-0.15, -0.1) is 0 Å². The number of nitrogens with zero attached hydrogens (tertiary/aromatic N) is 1. The molecule has 0 heterocycles. The highest BCUT2D eigenvalue weighted by Gasteiger charge is 2.11. The van der Waals surface area contributed by atoms with Crippen LogP contribution in [0, 0.1) is 0 Å². The van der Waals surface area contributed by atoms with E-state index in [0.29, 0.717) is 30.9 Å². The predicted octanol–water partition coefficient (Wildman–Crippen LogP) is 3.30. The van der Waals surface area contributed by atoms with Crippen molar-refractivity contribution < 1.29 is 19.0 Å². The first-order valence-corrected chi connectivity index (χ1v) is 8.15. The van der Waals surface area contributed by atoms with E-state index in [1.807, 2.05) is 49.5 Å². The van der Waals surface area contributed by atoms with Crippen LogP contribution in [-0.4, -0.2) is 39.2 Å². The minimum Gasteiger partial charge on any atom is -0.497 e. The molecule has 0 N–H and O–H groups in total. The zero-order chi connectivity index (χ0) is 18.2. The van der Waals surface area contributed by atoms with Crippen molar-refractivity contribution in [3.8, 4) is 17.2 Å². The van der Waals surface area contributed by atoms with E-state index in [4.69, 9.17) is 14.2 Å². The number of carbonyl (C=O) groups excluding carboxylic acids is 1. The Balaban J connectivity index is 1.91. The molecular weight excluding hydrogens is 318 g/mol. The summed E-state index contributed by atoms with van der Waals surface area (Å²) < 4.78 is 15.7. The summed E-state index contributed by atoms with van der Waals surface area (Å²) in [5.74, 6) is 2.27. The Labute approximate surface area is 149 Å². The number of methoxy groups -OCH3 is 3. The molecule has 2 aromatic rings. The highest BCUT2D eigenvalue weighted by atomic mass is 16.5. The van der Waals surface area contributed by atoms with Crippen molar-refractivity contribution in [2.24, 2.45) is 0 Å². The van der Waals surface area contributed by atoms with Gasteiger partial charge in [-0.05, 0) is 41.8 Å². The van der Waals surface area contributed by atoms with Gasteiger partial charge in [0, 0.05) is 20.0 Å². The molecule has 5 heteroatoms. The maximum absolute atomic E-state index is 12.4. The summed E-state index contributed by atoms with van der Waals surface area (Å²) in [6, 6.07) is 13.5. The van der Waals surface area contributed by atoms with Gasteiger partial charge in [-0.1, -0.05) is 18.2 Å². The molecule has 2 rings (SSSR count). The third kappa shape index (κ3) is 5.14. The summed E-state index contributed by atoms with van der Waals surface area (Å²) >= 11 is 0. The van der Waals surface area contributed by atoms with Crippen molar-refractivity contribution in [1.29, 1.82) is 0 Å². The fourth-order valence-electron chi connectivity index (χ4n) is 2.58. The van der Waals surface area contributed by atoms with E-state index < -0.39 is 0 Å². The van der Waals surface area contributed by atoms with E-state index in [9.17, 15) is 4.79 Å². The molecule has 0 unspecified atom stereocenters. The molecule has 0 saturated heterocycles. The van der Waals surface area contributed by atoms with Crippen LogP contribution < -0.4 is 14.2 Å². The van der Waals surface area contributed by atoms with Crippen molar-refractivity contribution >= 4 is 5.91 Å². The Morgan fingerprint density at radius 2 is 1.52 bits per heavy atom. The molecule has 0 atom stereocenters. The summed E-state index contributed by atoms with van der Waals surface area (Å²) in [4.78, 5) is 14.1. The number of carbonyl (C=O) groups is 1. The molecule has 0 aliphatic rings. The first-order valence-electron chi connectivity index (χ1n) is 8.15. The quantitative estimate of drug-likeness (QED) is 0.738. The summed E-state index contributed by atoms with van der Waals surface area (Å²) in [5, 5.41) is 0. The average molecular weight is 343 g/mol. The third-order valence-corrected chi connectivity index (χ3v) is 4.08. The minimum absolute atomic E-state index is 0.102. The van der Waals surface area contributed by atoms with Gasteiger partial charge in [0.15, 0.2) is 11.5 Å². The maximum atomic E-state index is 12.4. The fraction of sp³-hybridized carbons (Fsp3) is 0.350. The van der Waals surface area contributed by atoms with E-state index in [2.05, 4.69) is 0 Å². The van der Waals surface area contributed by atoms with Crippen LogP contribution in [0.2, 0.25) is 0 Å². The van der Waals surface area contributed by atoms with Crippen LogP contribution in [0.25, 0.3) is 0 Å². The monoisotopic (exact) mass is 343 g/mol. The molecule has 1 amide bonds. The lowest BCUT2D eigenvalue weighted by atomic mass is 10.1. The first-order chi connectivity index (χ1) is 12.1. The van der Waals surface area contributed by atoms with Gasteiger partial charge >= 0.3 is 0 Å². The Bertz CT molecular complexity index is 697. The molecule has 0 aliphatic carbocycles. The summed E-state index contributed by atoms with van der Waals surface area (Å²) in [6.07, 6.45) is 1.18. The van der Waals surface area contributed by atoms with Gasteiger partial charge in [0.05, 0.1) is 21.3 Å². The number of amides is 1. The number of aryl methyl sites for hydroxylation is 1. The zero-order valence-corrected chi connectivity index (χ0v) is 15.2. The molecule has 0 radical (unpaired) electrons. The molecule has 0 fully saturated rings.